The number of hydrogen-bond donors (Lipinski definition) is 2. The van der Waals surface area contributed by atoms with E-state index in [9.17, 15) is 4.79 Å². The monoisotopic (exact) mass is 276 g/mol. The largest absolute Gasteiger partial charge is 0.385 e. The Labute approximate surface area is 120 Å². The van der Waals surface area contributed by atoms with Crippen molar-refractivity contribution in [3.63, 3.8) is 0 Å². The van der Waals surface area contributed by atoms with E-state index in [4.69, 9.17) is 0 Å². The fraction of sp³-hybridized carbons (Fsp3) is 0.600. The van der Waals surface area contributed by atoms with E-state index in [0.29, 0.717) is 0 Å². The predicted octanol–water partition coefficient (Wildman–Crippen LogP) is 1.47. The van der Waals surface area contributed by atoms with E-state index in [2.05, 4.69) is 33.5 Å². The first kappa shape index (κ1) is 14.8. The first-order chi connectivity index (χ1) is 9.72. The summed E-state index contributed by atoms with van der Waals surface area (Å²) >= 11 is 0. The second kappa shape index (κ2) is 7.24. The number of hydrogen-bond acceptors (Lipinski definition) is 4. The zero-order valence-electron chi connectivity index (χ0n) is 12.4. The van der Waals surface area contributed by atoms with Crippen LogP contribution < -0.4 is 10.6 Å². The summed E-state index contributed by atoms with van der Waals surface area (Å²) in [6.45, 7) is 5.67. The SMILES string of the molecule is CCNc1ccnc(CN2CCCC(C(=O)NC)C2)c1. The van der Waals surface area contributed by atoms with Gasteiger partial charge in [-0.15, -0.1) is 0 Å². The number of amides is 1. The van der Waals surface area contributed by atoms with Crippen LogP contribution >= 0.6 is 0 Å². The van der Waals surface area contributed by atoms with Gasteiger partial charge in [0.25, 0.3) is 0 Å². The van der Waals surface area contributed by atoms with Crippen LogP contribution in [-0.2, 0) is 11.3 Å². The zero-order valence-corrected chi connectivity index (χ0v) is 12.4. The minimum atomic E-state index is 0.116. The van der Waals surface area contributed by atoms with Crippen molar-refractivity contribution in [1.29, 1.82) is 0 Å². The maximum atomic E-state index is 11.7. The molecule has 1 aliphatic heterocycles. The highest BCUT2D eigenvalue weighted by Gasteiger charge is 2.25. The van der Waals surface area contributed by atoms with Gasteiger partial charge in [-0.05, 0) is 38.4 Å². The van der Waals surface area contributed by atoms with Gasteiger partial charge in [0, 0.05) is 38.6 Å². The normalized spacial score (nSPS) is 19.6. The number of rotatable bonds is 5. The Morgan fingerprint density at radius 1 is 1.55 bits per heavy atom. The molecule has 0 spiro atoms. The molecule has 1 unspecified atom stereocenters. The van der Waals surface area contributed by atoms with Gasteiger partial charge < -0.3 is 10.6 Å². The van der Waals surface area contributed by atoms with Gasteiger partial charge in [-0.25, -0.2) is 0 Å². The second-order valence-electron chi connectivity index (χ2n) is 5.25. The van der Waals surface area contributed by atoms with Gasteiger partial charge in [-0.2, -0.15) is 0 Å². The molecule has 0 bridgehead atoms. The van der Waals surface area contributed by atoms with Crippen LogP contribution in [0.25, 0.3) is 0 Å². The Morgan fingerprint density at radius 2 is 2.40 bits per heavy atom. The lowest BCUT2D eigenvalue weighted by Crippen LogP contribution is -2.41. The quantitative estimate of drug-likeness (QED) is 0.855. The number of pyridine rings is 1. The summed E-state index contributed by atoms with van der Waals surface area (Å²) in [5, 5.41) is 6.05. The van der Waals surface area contributed by atoms with Crippen molar-refractivity contribution >= 4 is 11.6 Å². The van der Waals surface area contributed by atoms with E-state index in [0.717, 1.165) is 50.4 Å². The minimum Gasteiger partial charge on any atom is -0.385 e. The molecule has 2 N–H and O–H groups in total. The number of piperidine rings is 1. The first-order valence-electron chi connectivity index (χ1n) is 7.35. The average molecular weight is 276 g/mol. The van der Waals surface area contributed by atoms with Gasteiger partial charge in [0.1, 0.15) is 0 Å². The summed E-state index contributed by atoms with van der Waals surface area (Å²) < 4.78 is 0. The minimum absolute atomic E-state index is 0.116. The Bertz CT molecular complexity index is 449. The van der Waals surface area contributed by atoms with Crippen LogP contribution in [0.3, 0.4) is 0 Å². The fourth-order valence-corrected chi connectivity index (χ4v) is 2.73. The molecule has 0 radical (unpaired) electrons. The van der Waals surface area contributed by atoms with Crippen LogP contribution in [0.2, 0.25) is 0 Å². The van der Waals surface area contributed by atoms with Gasteiger partial charge in [-0.3, -0.25) is 14.7 Å². The number of nitrogens with one attached hydrogen (secondary N) is 2. The van der Waals surface area contributed by atoms with Gasteiger partial charge in [0.05, 0.1) is 11.6 Å². The number of likely N-dealkylation sites (tertiary alicyclic amines) is 1. The molecule has 1 atom stereocenters. The third-order valence-electron chi connectivity index (χ3n) is 3.71. The maximum absolute atomic E-state index is 11.7. The zero-order chi connectivity index (χ0) is 14.4. The molecule has 20 heavy (non-hydrogen) atoms. The van der Waals surface area contributed by atoms with E-state index in [1.807, 2.05) is 12.3 Å². The highest BCUT2D eigenvalue weighted by molar-refractivity contribution is 5.78. The van der Waals surface area contributed by atoms with E-state index >= 15 is 0 Å². The van der Waals surface area contributed by atoms with Crippen molar-refractivity contribution in [2.75, 3.05) is 32.0 Å². The average Bonchev–Trinajstić information content (AvgIpc) is 2.47. The number of aromatic nitrogens is 1. The molecule has 0 saturated carbocycles. The Kier molecular flexibility index (Phi) is 5.35. The molecular weight excluding hydrogens is 252 g/mol. The third kappa shape index (κ3) is 3.93. The molecule has 0 aliphatic carbocycles. The number of anilines is 1. The van der Waals surface area contributed by atoms with Crippen LogP contribution in [-0.4, -0.2) is 42.5 Å². The summed E-state index contributed by atoms with van der Waals surface area (Å²) in [5.41, 5.74) is 2.17. The highest BCUT2D eigenvalue weighted by Crippen LogP contribution is 2.19. The number of carbonyl (C=O) groups is 1. The summed E-state index contributed by atoms with van der Waals surface area (Å²) in [6.07, 6.45) is 3.90. The van der Waals surface area contributed by atoms with Crippen LogP contribution in [0.5, 0.6) is 0 Å². The van der Waals surface area contributed by atoms with Crippen molar-refractivity contribution in [3.05, 3.63) is 24.0 Å². The van der Waals surface area contributed by atoms with Crippen LogP contribution in [0.4, 0.5) is 5.69 Å². The molecule has 2 rings (SSSR count). The molecule has 2 heterocycles. The third-order valence-corrected chi connectivity index (χ3v) is 3.71. The lowest BCUT2D eigenvalue weighted by molar-refractivity contribution is -0.126. The second-order valence-corrected chi connectivity index (χ2v) is 5.25. The molecule has 1 saturated heterocycles. The maximum Gasteiger partial charge on any atom is 0.224 e. The summed E-state index contributed by atoms with van der Waals surface area (Å²) in [7, 11) is 1.71. The lowest BCUT2D eigenvalue weighted by atomic mass is 9.97. The molecule has 5 nitrogen and oxygen atoms in total. The van der Waals surface area contributed by atoms with Crippen molar-refractivity contribution in [1.82, 2.24) is 15.2 Å². The molecule has 1 amide bonds. The van der Waals surface area contributed by atoms with Crippen molar-refractivity contribution in [2.24, 2.45) is 5.92 Å². The van der Waals surface area contributed by atoms with E-state index in [1.165, 1.54) is 0 Å². The summed E-state index contributed by atoms with van der Waals surface area (Å²) in [4.78, 5) is 18.5. The van der Waals surface area contributed by atoms with E-state index in [1.54, 1.807) is 7.05 Å². The molecular formula is C15H24N4O. The molecule has 110 valence electrons. The fourth-order valence-electron chi connectivity index (χ4n) is 2.73. The molecule has 1 aromatic heterocycles. The Hall–Kier alpha value is -1.62. The molecule has 1 aliphatic rings. The van der Waals surface area contributed by atoms with Crippen molar-refractivity contribution < 1.29 is 4.79 Å². The topological polar surface area (TPSA) is 57.3 Å². The molecule has 1 fully saturated rings. The smallest absolute Gasteiger partial charge is 0.224 e. The van der Waals surface area contributed by atoms with Gasteiger partial charge in [0.2, 0.25) is 5.91 Å². The van der Waals surface area contributed by atoms with E-state index in [-0.39, 0.29) is 11.8 Å². The summed E-state index contributed by atoms with van der Waals surface area (Å²) in [6, 6.07) is 4.07. The van der Waals surface area contributed by atoms with Crippen LogP contribution in [0.15, 0.2) is 18.3 Å². The Balaban J connectivity index is 1.95. The van der Waals surface area contributed by atoms with E-state index < -0.39 is 0 Å². The van der Waals surface area contributed by atoms with Gasteiger partial charge in [-0.1, -0.05) is 0 Å². The standard InChI is InChI=1S/C15H24N4O/c1-3-17-13-6-7-18-14(9-13)11-19-8-4-5-12(10-19)15(20)16-2/h6-7,9,12H,3-5,8,10-11H2,1-2H3,(H,16,20)(H,17,18). The molecule has 0 aromatic carbocycles. The number of carbonyl (C=O) groups excluding carboxylic acids is 1. The molecule has 1 aromatic rings. The lowest BCUT2D eigenvalue weighted by Gasteiger charge is -2.31. The van der Waals surface area contributed by atoms with Crippen molar-refractivity contribution in [3.8, 4) is 0 Å². The highest BCUT2D eigenvalue weighted by atomic mass is 16.1. The number of nitrogens with zero attached hydrogens (tertiary/aromatic N) is 2. The van der Waals surface area contributed by atoms with Crippen LogP contribution in [0.1, 0.15) is 25.5 Å². The van der Waals surface area contributed by atoms with Gasteiger partial charge >= 0.3 is 0 Å². The first-order valence-corrected chi connectivity index (χ1v) is 7.35. The summed E-state index contributed by atoms with van der Waals surface area (Å²) in [5.74, 6) is 0.273. The predicted molar refractivity (Wildman–Crippen MR) is 80.5 cm³/mol. The van der Waals surface area contributed by atoms with Crippen LogP contribution in [0, 0.1) is 5.92 Å². The van der Waals surface area contributed by atoms with Gasteiger partial charge in [0.15, 0.2) is 0 Å². The molecule has 5 heteroatoms. The van der Waals surface area contributed by atoms with Crippen molar-refractivity contribution in [2.45, 2.75) is 26.3 Å². The Morgan fingerprint density at radius 3 is 3.15 bits per heavy atom.